The Morgan fingerprint density at radius 2 is 1.50 bits per heavy atom. The first-order chi connectivity index (χ1) is 23.2. The van der Waals surface area contributed by atoms with E-state index in [0.29, 0.717) is 31.1 Å². The van der Waals surface area contributed by atoms with E-state index in [1.54, 1.807) is 13.0 Å². The lowest BCUT2D eigenvalue weighted by Gasteiger charge is -2.41. The van der Waals surface area contributed by atoms with Crippen LogP contribution < -0.4 is 9.47 Å². The van der Waals surface area contributed by atoms with Crippen LogP contribution in [-0.4, -0.2) is 68.4 Å². The summed E-state index contributed by atoms with van der Waals surface area (Å²) >= 11 is 0. The van der Waals surface area contributed by atoms with Crippen molar-refractivity contribution in [3.05, 3.63) is 108 Å². The predicted molar refractivity (Wildman–Crippen MR) is 173 cm³/mol. The second-order valence-electron chi connectivity index (χ2n) is 11.5. The Labute approximate surface area is 280 Å². The lowest BCUT2D eigenvalue weighted by molar-refractivity contribution is -0.344. The number of ether oxygens (including phenoxy) is 9. The van der Waals surface area contributed by atoms with Gasteiger partial charge in [0, 0.05) is 20.8 Å². The maximum absolute atomic E-state index is 12.0. The fourth-order valence-corrected chi connectivity index (χ4v) is 5.45. The molecule has 0 saturated carbocycles. The highest BCUT2D eigenvalue weighted by Crippen LogP contribution is 2.40. The Morgan fingerprint density at radius 1 is 0.833 bits per heavy atom. The van der Waals surface area contributed by atoms with E-state index in [0.717, 1.165) is 16.7 Å². The zero-order valence-electron chi connectivity index (χ0n) is 27.4. The van der Waals surface area contributed by atoms with Crippen LogP contribution in [0.25, 0.3) is 0 Å². The first-order valence-electron chi connectivity index (χ1n) is 15.9. The van der Waals surface area contributed by atoms with Crippen molar-refractivity contribution < 1.29 is 52.2 Å². The standard InChI is InChI=1S/C37H42O11/c1-5-19-40-34-33(45-26(3)39)32(24-41-25(2)38)46-36-35(34)47-37(4,48-36)44-20-18-27-16-17-30(42-22-28-12-8-6-9-13-28)31(21-27)43-23-29-14-10-7-11-15-29/h5-17,21,32-36H,1,18-20,22-24H2,2-4H3/t32-,33-,34+,35-,36-,37+/m1/s1. The van der Waals surface area contributed by atoms with E-state index in [2.05, 4.69) is 6.58 Å². The van der Waals surface area contributed by atoms with E-state index in [1.165, 1.54) is 13.8 Å². The second kappa shape index (κ2) is 16.7. The highest BCUT2D eigenvalue weighted by molar-refractivity contribution is 5.66. The van der Waals surface area contributed by atoms with Crippen molar-refractivity contribution in [3.63, 3.8) is 0 Å². The summed E-state index contributed by atoms with van der Waals surface area (Å²) in [5.41, 5.74) is 3.03. The molecule has 0 amide bonds. The SMILES string of the molecule is C=CCO[C@@H]1[C@H]2O[C@](C)(OCCc3ccc(OCc4ccccc4)c(OCc4ccccc4)c3)O[C@H]2O[C@H](COC(C)=O)[C@H]1OC(C)=O. The lowest BCUT2D eigenvalue weighted by Crippen LogP contribution is -2.60. The molecule has 2 fully saturated rings. The van der Waals surface area contributed by atoms with Crippen molar-refractivity contribution in [2.24, 2.45) is 0 Å². The van der Waals surface area contributed by atoms with Gasteiger partial charge < -0.3 is 37.9 Å². The van der Waals surface area contributed by atoms with Crippen LogP contribution in [0.4, 0.5) is 0 Å². The van der Waals surface area contributed by atoms with Gasteiger partial charge in [0.1, 0.15) is 38.1 Å². The van der Waals surface area contributed by atoms with Gasteiger partial charge >= 0.3 is 11.9 Å². The van der Waals surface area contributed by atoms with E-state index < -0.39 is 48.6 Å². The summed E-state index contributed by atoms with van der Waals surface area (Å²) in [6.45, 7) is 8.88. The van der Waals surface area contributed by atoms with Crippen LogP contribution in [0.2, 0.25) is 0 Å². The number of benzene rings is 3. The number of fused-ring (bicyclic) bond motifs is 1. The van der Waals surface area contributed by atoms with Crippen molar-refractivity contribution >= 4 is 11.9 Å². The molecular weight excluding hydrogens is 620 g/mol. The summed E-state index contributed by atoms with van der Waals surface area (Å²) in [4.78, 5) is 23.5. The highest BCUT2D eigenvalue weighted by atomic mass is 16.9. The Hall–Kier alpha value is -4.26. The molecule has 0 aromatic heterocycles. The summed E-state index contributed by atoms with van der Waals surface area (Å²) in [5, 5.41) is 0. The van der Waals surface area contributed by atoms with Crippen molar-refractivity contribution in [2.45, 2.75) is 77.1 Å². The molecule has 0 radical (unpaired) electrons. The van der Waals surface area contributed by atoms with E-state index in [1.807, 2.05) is 78.9 Å². The molecule has 0 aliphatic carbocycles. The minimum atomic E-state index is -1.51. The van der Waals surface area contributed by atoms with Gasteiger partial charge in [-0.05, 0) is 35.2 Å². The molecule has 3 aromatic carbocycles. The monoisotopic (exact) mass is 662 g/mol. The van der Waals surface area contributed by atoms with Crippen molar-refractivity contribution in [2.75, 3.05) is 19.8 Å². The molecule has 11 nitrogen and oxygen atoms in total. The number of esters is 2. The van der Waals surface area contributed by atoms with Crippen molar-refractivity contribution in [3.8, 4) is 11.5 Å². The number of carbonyl (C=O) groups excluding carboxylic acids is 2. The first kappa shape index (κ1) is 35.1. The molecular formula is C37H42O11. The van der Waals surface area contributed by atoms with E-state index >= 15 is 0 Å². The van der Waals surface area contributed by atoms with E-state index in [4.69, 9.17) is 42.6 Å². The van der Waals surface area contributed by atoms with Crippen molar-refractivity contribution in [1.29, 1.82) is 0 Å². The fraction of sp³-hybridized carbons (Fsp3) is 0.405. The van der Waals surface area contributed by atoms with Crippen LogP contribution in [0.1, 0.15) is 37.5 Å². The second-order valence-corrected chi connectivity index (χ2v) is 11.5. The normalized spacial score (nSPS) is 24.7. The van der Waals surface area contributed by atoms with Gasteiger partial charge in [-0.3, -0.25) is 14.3 Å². The first-order valence-corrected chi connectivity index (χ1v) is 15.9. The topological polar surface area (TPSA) is 117 Å². The lowest BCUT2D eigenvalue weighted by atomic mass is 9.98. The minimum Gasteiger partial charge on any atom is -0.485 e. The molecule has 6 atom stereocenters. The molecule has 2 aliphatic heterocycles. The molecule has 3 aromatic rings. The smallest absolute Gasteiger partial charge is 0.303 e. The van der Waals surface area contributed by atoms with Crippen LogP contribution in [0, 0.1) is 0 Å². The number of hydrogen-bond acceptors (Lipinski definition) is 11. The average molecular weight is 663 g/mol. The van der Waals surface area contributed by atoms with Gasteiger partial charge in [0.05, 0.1) is 13.2 Å². The quantitative estimate of drug-likeness (QED) is 0.147. The van der Waals surface area contributed by atoms with E-state index in [-0.39, 0.29) is 19.8 Å². The predicted octanol–water partition coefficient (Wildman–Crippen LogP) is 5.28. The average Bonchev–Trinajstić information content (AvgIpc) is 3.41. The van der Waals surface area contributed by atoms with Crippen LogP contribution in [-0.2, 0) is 62.4 Å². The zero-order chi connectivity index (χ0) is 33.9. The summed E-state index contributed by atoms with van der Waals surface area (Å²) in [5.74, 6) is -1.32. The molecule has 11 heteroatoms. The molecule has 0 spiro atoms. The molecule has 256 valence electrons. The van der Waals surface area contributed by atoms with Crippen LogP contribution in [0.3, 0.4) is 0 Å². The summed E-state index contributed by atoms with van der Waals surface area (Å²) in [6.07, 6.45) is -2.31. The Balaban J connectivity index is 1.25. The number of hydrogen-bond donors (Lipinski definition) is 0. The molecule has 2 saturated heterocycles. The van der Waals surface area contributed by atoms with Gasteiger partial charge in [0.25, 0.3) is 5.97 Å². The molecule has 48 heavy (non-hydrogen) atoms. The molecule has 2 heterocycles. The zero-order valence-corrected chi connectivity index (χ0v) is 27.4. The highest BCUT2D eigenvalue weighted by Gasteiger charge is 2.58. The van der Waals surface area contributed by atoms with Gasteiger partial charge in [-0.15, -0.1) is 6.58 Å². The van der Waals surface area contributed by atoms with Gasteiger partial charge in [-0.1, -0.05) is 72.8 Å². The third-order valence-electron chi connectivity index (χ3n) is 7.67. The Morgan fingerprint density at radius 3 is 2.12 bits per heavy atom. The van der Waals surface area contributed by atoms with Crippen molar-refractivity contribution in [1.82, 2.24) is 0 Å². The number of rotatable bonds is 16. The van der Waals surface area contributed by atoms with Crippen LogP contribution in [0.15, 0.2) is 91.5 Å². The third kappa shape index (κ3) is 9.65. The molecule has 0 N–H and O–H groups in total. The fourth-order valence-electron chi connectivity index (χ4n) is 5.45. The van der Waals surface area contributed by atoms with Gasteiger partial charge in [0.2, 0.25) is 0 Å². The molecule has 0 bridgehead atoms. The minimum absolute atomic E-state index is 0.145. The summed E-state index contributed by atoms with van der Waals surface area (Å²) < 4.78 is 53.6. The van der Waals surface area contributed by atoms with Crippen LogP contribution in [0.5, 0.6) is 11.5 Å². The Bertz CT molecular complexity index is 1500. The number of carbonyl (C=O) groups is 2. The van der Waals surface area contributed by atoms with E-state index in [9.17, 15) is 9.59 Å². The maximum Gasteiger partial charge on any atom is 0.303 e. The maximum atomic E-state index is 12.0. The Kier molecular flexibility index (Phi) is 12.2. The van der Waals surface area contributed by atoms with Crippen LogP contribution >= 0.6 is 0 Å². The molecule has 0 unspecified atom stereocenters. The van der Waals surface area contributed by atoms with Gasteiger partial charge in [-0.2, -0.15) is 0 Å². The van der Waals surface area contributed by atoms with Gasteiger partial charge in [-0.25, -0.2) is 0 Å². The molecule has 5 rings (SSSR count). The summed E-state index contributed by atoms with van der Waals surface area (Å²) in [6, 6.07) is 25.6. The third-order valence-corrected chi connectivity index (χ3v) is 7.67. The van der Waals surface area contributed by atoms with Gasteiger partial charge in [0.15, 0.2) is 23.9 Å². The molecule has 2 aliphatic rings. The largest absolute Gasteiger partial charge is 0.485 e. The summed E-state index contributed by atoms with van der Waals surface area (Å²) in [7, 11) is 0.